The molecule has 2 N–H and O–H groups in total. The van der Waals surface area contributed by atoms with E-state index in [4.69, 9.17) is 5.73 Å². The number of amides is 1. The second-order valence-corrected chi connectivity index (χ2v) is 5.56. The zero-order valence-corrected chi connectivity index (χ0v) is 11.2. The minimum atomic E-state index is -0.0940. The Bertz CT molecular complexity index is 402. The number of thiazole rings is 1. The van der Waals surface area contributed by atoms with Crippen LogP contribution in [0.1, 0.15) is 48.2 Å². The van der Waals surface area contributed by atoms with Gasteiger partial charge in [-0.15, -0.1) is 11.3 Å². The molecule has 0 spiro atoms. The van der Waals surface area contributed by atoms with Crippen molar-refractivity contribution >= 4 is 17.2 Å². The molecule has 17 heavy (non-hydrogen) atoms. The first kappa shape index (κ1) is 12.5. The summed E-state index contributed by atoms with van der Waals surface area (Å²) in [6.07, 6.45) is 2.26. The highest BCUT2D eigenvalue weighted by atomic mass is 32.1. The third kappa shape index (κ3) is 2.66. The second kappa shape index (κ2) is 5.14. The average Bonchev–Trinajstić information content (AvgIpc) is 2.97. The first-order valence-electron chi connectivity index (χ1n) is 6.12. The van der Waals surface area contributed by atoms with Gasteiger partial charge in [-0.2, -0.15) is 0 Å². The van der Waals surface area contributed by atoms with Crippen molar-refractivity contribution in [3.05, 3.63) is 16.1 Å². The van der Waals surface area contributed by atoms with Gasteiger partial charge in [0.25, 0.3) is 5.91 Å². The molecule has 2 unspecified atom stereocenters. The van der Waals surface area contributed by atoms with E-state index >= 15 is 0 Å². The summed E-state index contributed by atoms with van der Waals surface area (Å²) in [5.74, 6) is 0.717. The highest BCUT2D eigenvalue weighted by molar-refractivity contribution is 7.09. The number of nitrogens with two attached hydrogens (primary N) is 1. The van der Waals surface area contributed by atoms with Crippen LogP contribution in [0, 0.1) is 5.92 Å². The van der Waals surface area contributed by atoms with Crippen LogP contribution in [0.4, 0.5) is 0 Å². The number of hydrogen-bond acceptors (Lipinski definition) is 4. The molecule has 2 heterocycles. The predicted octanol–water partition coefficient (Wildman–Crippen LogP) is 2.03. The predicted molar refractivity (Wildman–Crippen MR) is 69.0 cm³/mol. The Morgan fingerprint density at radius 1 is 1.76 bits per heavy atom. The van der Waals surface area contributed by atoms with Gasteiger partial charge in [-0.1, -0.05) is 13.3 Å². The summed E-state index contributed by atoms with van der Waals surface area (Å²) in [7, 11) is 0. The van der Waals surface area contributed by atoms with Crippen LogP contribution < -0.4 is 5.73 Å². The molecular weight excluding hydrogens is 234 g/mol. The highest BCUT2D eigenvalue weighted by Crippen LogP contribution is 2.22. The van der Waals surface area contributed by atoms with Gasteiger partial charge < -0.3 is 10.6 Å². The Morgan fingerprint density at radius 3 is 3.06 bits per heavy atom. The Labute approximate surface area is 106 Å². The Kier molecular flexibility index (Phi) is 3.79. The molecule has 1 aromatic rings. The Hall–Kier alpha value is -0.940. The maximum absolute atomic E-state index is 12.2. The SMILES string of the molecule is CCC1CCN(C(=O)c2csc(C(C)N)n2)C1. The number of hydrogen-bond donors (Lipinski definition) is 1. The van der Waals surface area contributed by atoms with Gasteiger partial charge in [-0.3, -0.25) is 4.79 Å². The topological polar surface area (TPSA) is 59.2 Å². The fourth-order valence-electron chi connectivity index (χ4n) is 2.11. The molecule has 1 fully saturated rings. The molecule has 1 aliphatic heterocycles. The van der Waals surface area contributed by atoms with Crippen LogP contribution in [0.5, 0.6) is 0 Å². The largest absolute Gasteiger partial charge is 0.337 e. The molecule has 1 saturated heterocycles. The highest BCUT2D eigenvalue weighted by Gasteiger charge is 2.27. The third-order valence-corrected chi connectivity index (χ3v) is 4.33. The van der Waals surface area contributed by atoms with Crippen molar-refractivity contribution in [3.63, 3.8) is 0 Å². The monoisotopic (exact) mass is 253 g/mol. The Morgan fingerprint density at radius 2 is 2.53 bits per heavy atom. The first-order valence-corrected chi connectivity index (χ1v) is 7.00. The zero-order chi connectivity index (χ0) is 12.4. The van der Waals surface area contributed by atoms with Gasteiger partial charge in [0.1, 0.15) is 10.7 Å². The molecular formula is C12H19N3OS. The van der Waals surface area contributed by atoms with E-state index in [-0.39, 0.29) is 11.9 Å². The zero-order valence-electron chi connectivity index (χ0n) is 10.3. The van der Waals surface area contributed by atoms with Crippen LogP contribution in [0.2, 0.25) is 0 Å². The molecule has 2 atom stereocenters. The van der Waals surface area contributed by atoms with Crippen molar-refractivity contribution in [1.29, 1.82) is 0 Å². The fraction of sp³-hybridized carbons (Fsp3) is 0.667. The van der Waals surface area contributed by atoms with Crippen molar-refractivity contribution in [1.82, 2.24) is 9.88 Å². The van der Waals surface area contributed by atoms with Crippen LogP contribution in [-0.4, -0.2) is 28.9 Å². The molecule has 4 nitrogen and oxygen atoms in total. The summed E-state index contributed by atoms with van der Waals surface area (Å²) in [6, 6.07) is -0.0940. The Balaban J connectivity index is 2.04. The van der Waals surface area contributed by atoms with E-state index in [1.54, 1.807) is 0 Å². The number of rotatable bonds is 3. The van der Waals surface area contributed by atoms with Crippen molar-refractivity contribution in [2.24, 2.45) is 11.7 Å². The summed E-state index contributed by atoms with van der Waals surface area (Å²) in [5, 5.41) is 2.65. The maximum Gasteiger partial charge on any atom is 0.273 e. The van der Waals surface area contributed by atoms with Crippen LogP contribution >= 0.6 is 11.3 Å². The summed E-state index contributed by atoms with van der Waals surface area (Å²) < 4.78 is 0. The van der Waals surface area contributed by atoms with Gasteiger partial charge in [-0.25, -0.2) is 4.98 Å². The summed E-state index contributed by atoms with van der Waals surface area (Å²) in [6.45, 7) is 5.80. The van der Waals surface area contributed by atoms with Crippen molar-refractivity contribution in [2.75, 3.05) is 13.1 Å². The molecule has 2 rings (SSSR count). The van der Waals surface area contributed by atoms with Crippen molar-refractivity contribution in [3.8, 4) is 0 Å². The maximum atomic E-state index is 12.2. The number of carbonyl (C=O) groups is 1. The molecule has 0 radical (unpaired) electrons. The second-order valence-electron chi connectivity index (χ2n) is 4.67. The minimum absolute atomic E-state index is 0.0594. The number of likely N-dealkylation sites (tertiary alicyclic amines) is 1. The summed E-state index contributed by atoms with van der Waals surface area (Å²) in [5.41, 5.74) is 6.30. The number of aromatic nitrogens is 1. The smallest absolute Gasteiger partial charge is 0.273 e. The number of carbonyl (C=O) groups excluding carboxylic acids is 1. The van der Waals surface area contributed by atoms with Gasteiger partial charge in [0.2, 0.25) is 0 Å². The van der Waals surface area contributed by atoms with Crippen molar-refractivity contribution in [2.45, 2.75) is 32.7 Å². The summed E-state index contributed by atoms with van der Waals surface area (Å²) in [4.78, 5) is 18.4. The molecule has 0 aliphatic carbocycles. The van der Waals surface area contributed by atoms with E-state index in [9.17, 15) is 4.79 Å². The molecule has 0 saturated carbocycles. The summed E-state index contributed by atoms with van der Waals surface area (Å²) >= 11 is 1.47. The van der Waals surface area contributed by atoms with E-state index in [0.717, 1.165) is 30.9 Å². The van der Waals surface area contributed by atoms with E-state index < -0.39 is 0 Å². The van der Waals surface area contributed by atoms with Crippen LogP contribution in [-0.2, 0) is 0 Å². The van der Waals surface area contributed by atoms with Crippen LogP contribution in [0.3, 0.4) is 0 Å². The van der Waals surface area contributed by atoms with E-state index in [0.29, 0.717) is 11.6 Å². The lowest BCUT2D eigenvalue weighted by Gasteiger charge is -2.14. The van der Waals surface area contributed by atoms with E-state index in [1.807, 2.05) is 17.2 Å². The molecule has 5 heteroatoms. The van der Waals surface area contributed by atoms with Gasteiger partial charge in [-0.05, 0) is 19.3 Å². The molecule has 0 aromatic carbocycles. The normalized spacial score (nSPS) is 21.8. The van der Waals surface area contributed by atoms with Crippen LogP contribution in [0.15, 0.2) is 5.38 Å². The minimum Gasteiger partial charge on any atom is -0.337 e. The van der Waals surface area contributed by atoms with Gasteiger partial charge in [0.05, 0.1) is 6.04 Å². The lowest BCUT2D eigenvalue weighted by molar-refractivity contribution is 0.0781. The van der Waals surface area contributed by atoms with Gasteiger partial charge in [0, 0.05) is 18.5 Å². The molecule has 1 aromatic heterocycles. The van der Waals surface area contributed by atoms with Crippen LogP contribution in [0.25, 0.3) is 0 Å². The molecule has 0 bridgehead atoms. The molecule has 1 aliphatic rings. The van der Waals surface area contributed by atoms with E-state index in [2.05, 4.69) is 11.9 Å². The van der Waals surface area contributed by atoms with Crippen molar-refractivity contribution < 1.29 is 4.79 Å². The first-order chi connectivity index (χ1) is 8.11. The average molecular weight is 253 g/mol. The number of nitrogens with zero attached hydrogens (tertiary/aromatic N) is 2. The van der Waals surface area contributed by atoms with Gasteiger partial charge >= 0.3 is 0 Å². The third-order valence-electron chi connectivity index (χ3n) is 3.28. The van der Waals surface area contributed by atoms with E-state index in [1.165, 1.54) is 11.3 Å². The molecule has 94 valence electrons. The quantitative estimate of drug-likeness (QED) is 0.896. The standard InChI is InChI=1S/C12H19N3OS/c1-3-9-4-5-15(6-9)12(16)10-7-17-11(14-10)8(2)13/h7-9H,3-6,13H2,1-2H3. The van der Waals surface area contributed by atoms with Gasteiger partial charge in [0.15, 0.2) is 0 Å². The lowest BCUT2D eigenvalue weighted by atomic mass is 10.1. The molecule has 1 amide bonds. The lowest BCUT2D eigenvalue weighted by Crippen LogP contribution is -2.29. The fourth-order valence-corrected chi connectivity index (χ4v) is 2.86.